The van der Waals surface area contributed by atoms with Crippen LogP contribution in [0.1, 0.15) is 16.1 Å². The van der Waals surface area contributed by atoms with Crippen LogP contribution in [0.2, 0.25) is 0 Å². The highest BCUT2D eigenvalue weighted by Gasteiger charge is 2.18. The number of aromatic carboxylic acids is 1. The van der Waals surface area contributed by atoms with Crippen LogP contribution in [-0.4, -0.2) is 40.2 Å². The molecule has 3 rings (SSSR count). The Labute approximate surface area is 137 Å². The average Bonchev–Trinajstić information content (AvgIpc) is 2.95. The number of carbonyl (C=O) groups is 1. The van der Waals surface area contributed by atoms with E-state index in [4.69, 9.17) is 9.47 Å². The van der Waals surface area contributed by atoms with E-state index in [1.54, 1.807) is 6.07 Å². The van der Waals surface area contributed by atoms with Gasteiger partial charge in [0.1, 0.15) is 17.8 Å². The van der Waals surface area contributed by atoms with Crippen molar-refractivity contribution in [3.63, 3.8) is 0 Å². The first-order valence-corrected chi connectivity index (χ1v) is 7.10. The first-order valence-electron chi connectivity index (χ1n) is 7.10. The van der Waals surface area contributed by atoms with Gasteiger partial charge in [-0.15, -0.1) is 0 Å². The largest absolute Gasteiger partial charge is 0.493 e. The number of hydrogen-bond acceptors (Lipinski definition) is 6. The van der Waals surface area contributed by atoms with Crippen molar-refractivity contribution in [1.82, 2.24) is 15.0 Å². The second-order valence-corrected chi connectivity index (χ2v) is 5.12. The summed E-state index contributed by atoms with van der Waals surface area (Å²) in [4.78, 5) is 23.0. The molecular weight excluding hydrogens is 312 g/mol. The molecule has 2 heterocycles. The van der Waals surface area contributed by atoms with Gasteiger partial charge in [-0.25, -0.2) is 14.8 Å². The fourth-order valence-electron chi connectivity index (χ4n) is 2.46. The molecule has 3 N–H and O–H groups in total. The smallest absolute Gasteiger partial charge is 0.337 e. The maximum Gasteiger partial charge on any atom is 0.337 e. The maximum absolute atomic E-state index is 11.6. The molecular formula is C16H16N4O4. The quantitative estimate of drug-likeness (QED) is 0.660. The topological polar surface area (TPSA) is 109 Å². The first-order chi connectivity index (χ1) is 11.5. The number of aryl methyl sites for hydroxylation is 1. The van der Waals surface area contributed by atoms with Gasteiger partial charge in [0.05, 0.1) is 30.9 Å². The Morgan fingerprint density at radius 1 is 1.17 bits per heavy atom. The van der Waals surface area contributed by atoms with Gasteiger partial charge in [-0.2, -0.15) is 0 Å². The molecule has 0 radical (unpaired) electrons. The van der Waals surface area contributed by atoms with Crippen LogP contribution in [0.5, 0.6) is 11.5 Å². The van der Waals surface area contributed by atoms with Crippen LogP contribution >= 0.6 is 0 Å². The number of hydrogen-bond donors (Lipinski definition) is 3. The Kier molecular flexibility index (Phi) is 3.95. The van der Waals surface area contributed by atoms with Gasteiger partial charge in [0, 0.05) is 17.8 Å². The number of nitrogens with one attached hydrogen (secondary N) is 2. The molecule has 24 heavy (non-hydrogen) atoms. The molecule has 3 aromatic rings. The Morgan fingerprint density at radius 2 is 1.88 bits per heavy atom. The highest BCUT2D eigenvalue weighted by molar-refractivity contribution is 5.98. The van der Waals surface area contributed by atoms with E-state index >= 15 is 0 Å². The SMILES string of the molecule is COc1cc(Nc2ncnc3[nH]c(C)cc23)c(C(=O)O)cc1OC. The summed E-state index contributed by atoms with van der Waals surface area (Å²) in [6.45, 7) is 1.91. The molecule has 0 aliphatic rings. The lowest BCUT2D eigenvalue weighted by Crippen LogP contribution is -2.05. The third-order valence-electron chi connectivity index (χ3n) is 3.57. The highest BCUT2D eigenvalue weighted by atomic mass is 16.5. The molecule has 1 aromatic carbocycles. The molecule has 0 bridgehead atoms. The number of ether oxygens (including phenoxy) is 2. The van der Waals surface area contributed by atoms with Crippen LogP contribution in [0.25, 0.3) is 11.0 Å². The predicted molar refractivity (Wildman–Crippen MR) is 88.4 cm³/mol. The summed E-state index contributed by atoms with van der Waals surface area (Å²) in [6.07, 6.45) is 1.40. The second-order valence-electron chi connectivity index (χ2n) is 5.12. The summed E-state index contributed by atoms with van der Waals surface area (Å²) >= 11 is 0. The molecule has 0 saturated carbocycles. The third kappa shape index (κ3) is 2.69. The molecule has 8 heteroatoms. The Hall–Kier alpha value is -3.29. The summed E-state index contributed by atoms with van der Waals surface area (Å²) in [5, 5.41) is 13.3. The number of H-pyrrole nitrogens is 1. The predicted octanol–water partition coefficient (Wildman–Crippen LogP) is 2.73. The minimum atomic E-state index is -1.09. The normalized spacial score (nSPS) is 10.6. The number of rotatable bonds is 5. The molecule has 0 amide bonds. The third-order valence-corrected chi connectivity index (χ3v) is 3.57. The van der Waals surface area contributed by atoms with Gasteiger partial charge in [-0.1, -0.05) is 0 Å². The van der Waals surface area contributed by atoms with E-state index < -0.39 is 5.97 Å². The summed E-state index contributed by atoms with van der Waals surface area (Å²) in [5.41, 5.74) is 1.99. The highest BCUT2D eigenvalue weighted by Crippen LogP contribution is 2.35. The van der Waals surface area contributed by atoms with Gasteiger partial charge in [0.25, 0.3) is 0 Å². The molecule has 8 nitrogen and oxygen atoms in total. The van der Waals surface area contributed by atoms with Crippen molar-refractivity contribution < 1.29 is 19.4 Å². The molecule has 0 atom stereocenters. The van der Waals surface area contributed by atoms with Crippen LogP contribution < -0.4 is 14.8 Å². The van der Waals surface area contributed by atoms with Crippen molar-refractivity contribution >= 4 is 28.5 Å². The van der Waals surface area contributed by atoms with Gasteiger partial charge in [-0.3, -0.25) is 0 Å². The number of fused-ring (bicyclic) bond motifs is 1. The van der Waals surface area contributed by atoms with E-state index in [1.807, 2.05) is 13.0 Å². The number of aromatic amines is 1. The van der Waals surface area contributed by atoms with Crippen molar-refractivity contribution in [2.24, 2.45) is 0 Å². The number of benzene rings is 1. The van der Waals surface area contributed by atoms with E-state index in [0.29, 0.717) is 28.7 Å². The van der Waals surface area contributed by atoms with E-state index in [9.17, 15) is 9.90 Å². The van der Waals surface area contributed by atoms with Crippen molar-refractivity contribution in [1.29, 1.82) is 0 Å². The minimum Gasteiger partial charge on any atom is -0.493 e. The van der Waals surface area contributed by atoms with Crippen LogP contribution in [0, 0.1) is 6.92 Å². The monoisotopic (exact) mass is 328 g/mol. The van der Waals surface area contributed by atoms with E-state index in [0.717, 1.165) is 11.1 Å². The standard InChI is InChI=1S/C16H16N4O4/c1-8-4-10-14(19-8)17-7-18-15(10)20-11-6-13(24-3)12(23-2)5-9(11)16(21)22/h4-7H,1-3H3,(H,21,22)(H2,17,18,19,20). The second kappa shape index (κ2) is 6.07. The summed E-state index contributed by atoms with van der Waals surface area (Å²) in [6, 6.07) is 4.86. The zero-order chi connectivity index (χ0) is 17.3. The molecule has 0 fully saturated rings. The molecule has 0 spiro atoms. The van der Waals surface area contributed by atoms with Crippen molar-refractivity contribution in [2.75, 3.05) is 19.5 Å². The number of nitrogens with zero attached hydrogens (tertiary/aromatic N) is 2. The molecule has 0 aliphatic carbocycles. The van der Waals surface area contributed by atoms with Gasteiger partial charge < -0.3 is 24.9 Å². The molecule has 124 valence electrons. The minimum absolute atomic E-state index is 0.0478. The zero-order valence-electron chi connectivity index (χ0n) is 13.4. The van der Waals surface area contributed by atoms with Gasteiger partial charge in [-0.05, 0) is 13.0 Å². The fraction of sp³-hybridized carbons (Fsp3) is 0.188. The summed E-state index contributed by atoms with van der Waals surface area (Å²) in [7, 11) is 2.94. The van der Waals surface area contributed by atoms with Crippen LogP contribution in [0.4, 0.5) is 11.5 Å². The fourth-order valence-corrected chi connectivity index (χ4v) is 2.46. The lowest BCUT2D eigenvalue weighted by molar-refractivity contribution is 0.0697. The van der Waals surface area contributed by atoms with Crippen LogP contribution in [-0.2, 0) is 0 Å². The number of aromatic nitrogens is 3. The molecule has 0 unspecified atom stereocenters. The van der Waals surface area contributed by atoms with Gasteiger partial charge in [0.15, 0.2) is 11.5 Å². The maximum atomic E-state index is 11.6. The first kappa shape index (κ1) is 15.6. The van der Waals surface area contributed by atoms with Crippen molar-refractivity contribution in [3.05, 3.63) is 35.8 Å². The van der Waals surface area contributed by atoms with Crippen LogP contribution in [0.15, 0.2) is 24.5 Å². The van der Waals surface area contributed by atoms with Gasteiger partial charge in [0.2, 0.25) is 0 Å². The Bertz CT molecular complexity index is 920. The summed E-state index contributed by atoms with van der Waals surface area (Å²) < 4.78 is 10.4. The Morgan fingerprint density at radius 3 is 2.54 bits per heavy atom. The number of methoxy groups -OCH3 is 2. The van der Waals surface area contributed by atoms with E-state index in [-0.39, 0.29) is 5.56 Å². The number of carboxylic acid groups (broad SMARTS) is 1. The van der Waals surface area contributed by atoms with E-state index in [1.165, 1.54) is 26.6 Å². The Balaban J connectivity index is 2.12. The van der Waals surface area contributed by atoms with Crippen molar-refractivity contribution in [3.8, 4) is 11.5 Å². The number of carboxylic acids is 1. The molecule has 0 saturated heterocycles. The van der Waals surface area contributed by atoms with Crippen molar-refractivity contribution in [2.45, 2.75) is 6.92 Å². The lowest BCUT2D eigenvalue weighted by Gasteiger charge is -2.14. The zero-order valence-corrected chi connectivity index (χ0v) is 13.4. The lowest BCUT2D eigenvalue weighted by atomic mass is 10.1. The van der Waals surface area contributed by atoms with E-state index in [2.05, 4.69) is 20.3 Å². The van der Waals surface area contributed by atoms with Crippen LogP contribution in [0.3, 0.4) is 0 Å². The molecule has 2 aromatic heterocycles. The molecule has 0 aliphatic heterocycles. The average molecular weight is 328 g/mol. The van der Waals surface area contributed by atoms with Gasteiger partial charge >= 0.3 is 5.97 Å². The number of anilines is 2. The summed E-state index contributed by atoms with van der Waals surface area (Å²) in [5.74, 6) is 0.166.